The van der Waals surface area contributed by atoms with Crippen molar-refractivity contribution in [3.05, 3.63) is 51.3 Å². The monoisotopic (exact) mass is 329 g/mol. The molecule has 0 aliphatic carbocycles. The second kappa shape index (κ2) is 6.06. The zero-order valence-electron chi connectivity index (χ0n) is 12.2. The van der Waals surface area contributed by atoms with Gasteiger partial charge < -0.3 is 4.90 Å². The fourth-order valence-corrected chi connectivity index (χ4v) is 4.02. The zero-order valence-corrected chi connectivity index (χ0v) is 13.9. The molecule has 22 heavy (non-hydrogen) atoms. The van der Waals surface area contributed by atoms with E-state index in [1.165, 1.54) is 23.1 Å². The Bertz CT molecular complexity index is 733. The predicted molar refractivity (Wildman–Crippen MR) is 93.9 cm³/mol. The molecule has 1 saturated heterocycles. The minimum absolute atomic E-state index is 0.0263. The Kier molecular flexibility index (Phi) is 4.13. The van der Waals surface area contributed by atoms with E-state index in [2.05, 4.69) is 4.98 Å². The first-order valence-electron chi connectivity index (χ1n) is 6.75. The molecule has 1 unspecified atom stereocenters. The molecule has 0 bridgehead atoms. The molecule has 1 fully saturated rings. The maximum absolute atomic E-state index is 12.5. The van der Waals surface area contributed by atoms with Crippen LogP contribution in [0.1, 0.15) is 16.5 Å². The van der Waals surface area contributed by atoms with Crippen molar-refractivity contribution >= 4 is 45.7 Å². The molecule has 4 nitrogen and oxygen atoms in total. The van der Waals surface area contributed by atoms with E-state index < -0.39 is 5.92 Å². The summed E-state index contributed by atoms with van der Waals surface area (Å²) < 4.78 is 0. The van der Waals surface area contributed by atoms with Crippen molar-refractivity contribution in [2.24, 2.45) is 0 Å². The van der Waals surface area contributed by atoms with Crippen LogP contribution in [0.5, 0.6) is 0 Å². The van der Waals surface area contributed by atoms with Gasteiger partial charge in [-0.05, 0) is 23.8 Å². The molecule has 1 aromatic heterocycles. The topological polar surface area (TPSA) is 57.1 Å². The third-order valence-electron chi connectivity index (χ3n) is 3.39. The van der Waals surface area contributed by atoms with E-state index in [4.69, 9.17) is 5.41 Å². The van der Waals surface area contributed by atoms with Gasteiger partial charge in [-0.15, -0.1) is 11.3 Å². The number of thiazole rings is 1. The van der Waals surface area contributed by atoms with Gasteiger partial charge in [0.1, 0.15) is 10.9 Å². The summed E-state index contributed by atoms with van der Waals surface area (Å²) in [4.78, 5) is 19.3. The fourth-order valence-electron chi connectivity index (χ4n) is 2.21. The Labute approximate surface area is 137 Å². The number of nitrogens with one attached hydrogen (secondary N) is 1. The smallest absolute Gasteiger partial charge is 0.186 e. The first kappa shape index (κ1) is 15.0. The van der Waals surface area contributed by atoms with Crippen LogP contribution in [0.3, 0.4) is 0 Å². The number of rotatable bonds is 3. The highest BCUT2D eigenvalue weighted by Gasteiger charge is 2.38. The standard InChI is InChI=1S/C16H15N3OS2/c1-19(2)11-5-3-10(4-6-11)9-12-14(20)13(15(17)22-12)16-18-7-8-21-16/h3-9,13,17H,1-2H3. The number of anilines is 1. The maximum Gasteiger partial charge on any atom is 0.186 e. The Morgan fingerprint density at radius 1 is 1.27 bits per heavy atom. The Morgan fingerprint density at radius 2 is 2.00 bits per heavy atom. The average Bonchev–Trinajstić information content (AvgIpc) is 3.09. The number of thioether (sulfide) groups is 1. The lowest BCUT2D eigenvalue weighted by molar-refractivity contribution is -0.114. The van der Waals surface area contributed by atoms with Crippen molar-refractivity contribution < 1.29 is 4.79 Å². The van der Waals surface area contributed by atoms with Crippen LogP contribution >= 0.6 is 23.1 Å². The molecule has 1 aliphatic heterocycles. The third-order valence-corrected chi connectivity index (χ3v) is 5.23. The molecule has 112 valence electrons. The number of aromatic nitrogens is 1. The number of hydrogen-bond acceptors (Lipinski definition) is 6. The van der Waals surface area contributed by atoms with E-state index in [1.807, 2.05) is 54.7 Å². The largest absolute Gasteiger partial charge is 0.378 e. The van der Waals surface area contributed by atoms with Crippen molar-refractivity contribution in [2.45, 2.75) is 5.92 Å². The van der Waals surface area contributed by atoms with Gasteiger partial charge in [-0.2, -0.15) is 0 Å². The van der Waals surface area contributed by atoms with E-state index in [9.17, 15) is 4.79 Å². The summed E-state index contributed by atoms with van der Waals surface area (Å²) in [7, 11) is 3.98. The van der Waals surface area contributed by atoms with Crippen LogP contribution in [0, 0.1) is 5.41 Å². The highest BCUT2D eigenvalue weighted by Crippen LogP contribution is 2.41. The minimum Gasteiger partial charge on any atom is -0.378 e. The fraction of sp³-hybridized carbons (Fsp3) is 0.188. The highest BCUT2D eigenvalue weighted by molar-refractivity contribution is 8.19. The van der Waals surface area contributed by atoms with E-state index in [-0.39, 0.29) is 5.78 Å². The summed E-state index contributed by atoms with van der Waals surface area (Å²) >= 11 is 2.66. The summed E-state index contributed by atoms with van der Waals surface area (Å²) in [5.41, 5.74) is 2.08. The summed E-state index contributed by atoms with van der Waals surface area (Å²) in [6, 6.07) is 7.99. The van der Waals surface area contributed by atoms with Crippen molar-refractivity contribution in [1.82, 2.24) is 4.98 Å². The summed E-state index contributed by atoms with van der Waals surface area (Å²) in [6.07, 6.45) is 3.53. The van der Waals surface area contributed by atoms with Crippen LogP contribution < -0.4 is 4.90 Å². The van der Waals surface area contributed by atoms with Gasteiger partial charge in [0.2, 0.25) is 0 Å². The van der Waals surface area contributed by atoms with Gasteiger partial charge >= 0.3 is 0 Å². The molecule has 2 heterocycles. The van der Waals surface area contributed by atoms with Crippen LogP contribution in [0.25, 0.3) is 6.08 Å². The number of benzene rings is 1. The van der Waals surface area contributed by atoms with Crippen LogP contribution in [0.4, 0.5) is 5.69 Å². The van der Waals surface area contributed by atoms with Crippen LogP contribution in [0.2, 0.25) is 0 Å². The van der Waals surface area contributed by atoms with E-state index in [1.54, 1.807) is 6.20 Å². The van der Waals surface area contributed by atoms with Crippen molar-refractivity contribution in [3.8, 4) is 0 Å². The molecule has 0 saturated carbocycles. The van der Waals surface area contributed by atoms with E-state index in [0.717, 1.165) is 11.3 Å². The third kappa shape index (κ3) is 2.84. The maximum atomic E-state index is 12.5. The number of ketones is 1. The quantitative estimate of drug-likeness (QED) is 0.874. The molecular weight excluding hydrogens is 314 g/mol. The predicted octanol–water partition coefficient (Wildman–Crippen LogP) is 3.63. The van der Waals surface area contributed by atoms with Crippen LogP contribution in [-0.2, 0) is 4.79 Å². The van der Waals surface area contributed by atoms with Crippen molar-refractivity contribution in [3.63, 3.8) is 0 Å². The van der Waals surface area contributed by atoms with Gasteiger partial charge in [-0.1, -0.05) is 23.9 Å². The SMILES string of the molecule is CN(C)c1ccc(C=C2SC(=N)C(c3nccs3)C2=O)cc1. The number of allylic oxidation sites excluding steroid dienone is 1. The number of hydrogen-bond donors (Lipinski definition) is 1. The number of nitrogens with zero attached hydrogens (tertiary/aromatic N) is 2. The number of carbonyl (C=O) groups is 1. The Hall–Kier alpha value is -1.92. The lowest BCUT2D eigenvalue weighted by atomic mass is 10.0. The molecule has 3 rings (SSSR count). The summed E-state index contributed by atoms with van der Waals surface area (Å²) in [5, 5.41) is 11.0. The molecule has 0 amide bonds. The van der Waals surface area contributed by atoms with E-state index in [0.29, 0.717) is 15.0 Å². The summed E-state index contributed by atoms with van der Waals surface area (Å²) in [5.74, 6) is -0.543. The molecule has 1 N–H and O–H groups in total. The lowest BCUT2D eigenvalue weighted by Gasteiger charge is -2.11. The van der Waals surface area contributed by atoms with Gasteiger partial charge in [0.05, 0.1) is 9.95 Å². The minimum atomic E-state index is -0.516. The second-order valence-electron chi connectivity index (χ2n) is 5.13. The molecule has 6 heteroatoms. The molecule has 0 spiro atoms. The summed E-state index contributed by atoms with van der Waals surface area (Å²) in [6.45, 7) is 0. The average molecular weight is 329 g/mol. The Morgan fingerprint density at radius 3 is 2.59 bits per heavy atom. The molecular formula is C16H15N3OS2. The van der Waals surface area contributed by atoms with Gasteiger partial charge in [-0.25, -0.2) is 4.98 Å². The molecule has 1 atom stereocenters. The van der Waals surface area contributed by atoms with Gasteiger partial charge in [0, 0.05) is 31.4 Å². The normalized spacial score (nSPS) is 19.9. The molecule has 0 radical (unpaired) electrons. The zero-order chi connectivity index (χ0) is 15.7. The van der Waals surface area contributed by atoms with Crippen molar-refractivity contribution in [1.29, 1.82) is 5.41 Å². The number of carbonyl (C=O) groups excluding carboxylic acids is 1. The number of Topliss-reactive ketones (excluding diaryl/α,β-unsaturated/α-hetero) is 1. The Balaban J connectivity index is 1.86. The molecule has 1 aliphatic rings. The van der Waals surface area contributed by atoms with Crippen molar-refractivity contribution in [2.75, 3.05) is 19.0 Å². The lowest BCUT2D eigenvalue weighted by Crippen LogP contribution is -2.11. The van der Waals surface area contributed by atoms with E-state index >= 15 is 0 Å². The van der Waals surface area contributed by atoms with Crippen LogP contribution in [-0.4, -0.2) is 29.9 Å². The van der Waals surface area contributed by atoms with Gasteiger partial charge in [0.25, 0.3) is 0 Å². The van der Waals surface area contributed by atoms with Crippen LogP contribution in [0.15, 0.2) is 40.7 Å². The first-order chi connectivity index (χ1) is 10.6. The molecule has 2 aromatic rings. The second-order valence-corrected chi connectivity index (χ2v) is 7.14. The molecule has 1 aromatic carbocycles. The highest BCUT2D eigenvalue weighted by atomic mass is 32.2. The van der Waals surface area contributed by atoms with Gasteiger partial charge in [-0.3, -0.25) is 10.2 Å². The first-order valence-corrected chi connectivity index (χ1v) is 8.45. The van der Waals surface area contributed by atoms with Gasteiger partial charge in [0.15, 0.2) is 5.78 Å².